The van der Waals surface area contributed by atoms with Crippen LogP contribution >= 0.6 is 23.2 Å². The van der Waals surface area contributed by atoms with Crippen LogP contribution in [0.4, 0.5) is 0 Å². The Morgan fingerprint density at radius 2 is 1.04 bits per heavy atom. The number of rotatable bonds is 6. The molecule has 2 aliphatic carbocycles. The molecule has 0 fully saturated rings. The molecule has 0 heterocycles. The predicted molar refractivity (Wildman–Crippen MR) is 108 cm³/mol. The van der Waals surface area contributed by atoms with Gasteiger partial charge in [-0.2, -0.15) is 0 Å². The molecule has 2 nitrogen and oxygen atoms in total. The van der Waals surface area contributed by atoms with Crippen LogP contribution in [-0.4, -0.2) is 0 Å². The predicted octanol–water partition coefficient (Wildman–Crippen LogP) is 7.26. The summed E-state index contributed by atoms with van der Waals surface area (Å²) in [7, 11) is 0. The fourth-order valence-corrected chi connectivity index (χ4v) is 12.4. The molecule has 0 unspecified atom stereocenters. The summed E-state index contributed by atoms with van der Waals surface area (Å²) in [6, 6.07) is 15.0. The second-order valence-corrected chi connectivity index (χ2v) is 15.1. The van der Waals surface area contributed by atoms with Crippen molar-refractivity contribution in [3.8, 4) is 11.5 Å². The van der Waals surface area contributed by atoms with E-state index in [4.69, 9.17) is 28.8 Å². The van der Waals surface area contributed by atoms with Crippen LogP contribution in [0.3, 0.4) is 0 Å². The summed E-state index contributed by atoms with van der Waals surface area (Å²) in [5.74, 6) is 1.48. The van der Waals surface area contributed by atoms with Gasteiger partial charge in [0.2, 0.25) is 0 Å². The Balaban J connectivity index is 1.80. The molecule has 0 saturated heterocycles. The van der Waals surface area contributed by atoms with Crippen LogP contribution in [0.15, 0.2) is 97.1 Å². The molecule has 2 aromatic rings. The molecule has 0 radical (unpaired) electrons. The summed E-state index contributed by atoms with van der Waals surface area (Å²) in [5, 5.41) is 1.29. The van der Waals surface area contributed by atoms with Crippen LogP contribution in [0, 0.1) is 0 Å². The summed E-state index contributed by atoms with van der Waals surface area (Å²) >= 11 is 8.51. The second kappa shape index (κ2) is 8.23. The number of hydrogen-bond acceptors (Lipinski definition) is 2. The van der Waals surface area contributed by atoms with Crippen molar-refractivity contribution in [1.82, 2.24) is 0 Å². The minimum atomic E-state index is -3.90. The van der Waals surface area contributed by atoms with Crippen LogP contribution < -0.4 is 5.63 Å². The van der Waals surface area contributed by atoms with Crippen molar-refractivity contribution in [2.45, 2.75) is 7.25 Å². The third-order valence-electron chi connectivity index (χ3n) is 4.57. The normalized spacial score (nSPS) is 16.4. The Morgan fingerprint density at radius 1 is 0.630 bits per heavy atom. The third-order valence-corrected chi connectivity index (χ3v) is 14.2. The summed E-state index contributed by atoms with van der Waals surface area (Å²) in [6.45, 7) is 0. The minimum absolute atomic E-state index is 0.120. The average molecular weight is 477 g/mol. The fourth-order valence-electron chi connectivity index (χ4n) is 3.34. The third kappa shape index (κ3) is 4.16. The van der Waals surface area contributed by atoms with E-state index in [9.17, 15) is 0 Å². The van der Waals surface area contributed by atoms with E-state index in [-0.39, 0.29) is 7.25 Å². The van der Waals surface area contributed by atoms with Gasteiger partial charge in [-0.05, 0) is 0 Å². The van der Waals surface area contributed by atoms with E-state index in [0.29, 0.717) is 10.0 Å². The number of hydrogen-bond donors (Lipinski definition) is 0. The van der Waals surface area contributed by atoms with Crippen LogP contribution in [0.2, 0.25) is 17.3 Å². The zero-order chi connectivity index (χ0) is 18.7. The number of benzene rings is 2. The van der Waals surface area contributed by atoms with Crippen molar-refractivity contribution in [3.63, 3.8) is 0 Å². The summed E-state index contributed by atoms with van der Waals surface area (Å²) in [5.41, 5.74) is 0. The molecule has 0 spiro atoms. The van der Waals surface area contributed by atoms with Crippen molar-refractivity contribution < 1.29 is 26.8 Å². The zero-order valence-corrected chi connectivity index (χ0v) is 18.4. The van der Waals surface area contributed by atoms with Gasteiger partial charge in [-0.1, -0.05) is 0 Å². The van der Waals surface area contributed by atoms with Crippen molar-refractivity contribution in [1.29, 1.82) is 0 Å². The molecule has 2 aliphatic rings. The maximum atomic E-state index is 6.75. The molecule has 27 heavy (non-hydrogen) atoms. The molecule has 0 amide bonds. The topological polar surface area (TPSA) is 18.5 Å². The molecular weight excluding hydrogens is 458 g/mol. The first-order valence-corrected chi connectivity index (χ1v) is 14.3. The molecule has 2 aromatic carbocycles. The molecular formula is C22H18Cl2O2Zr. The van der Waals surface area contributed by atoms with Gasteiger partial charge in [-0.3, -0.25) is 0 Å². The van der Waals surface area contributed by atoms with Crippen molar-refractivity contribution >= 4 is 23.2 Å². The molecule has 0 atom stereocenters. The first kappa shape index (κ1) is 18.8. The van der Waals surface area contributed by atoms with Gasteiger partial charge in [0.15, 0.2) is 0 Å². The maximum absolute atomic E-state index is 6.75. The SMILES string of the molecule is Clc1cccc([O][Zr]([O]c2cccc(Cl)c2)([CH]2C=CC=C2)[CH]2C=CC=C2)c1. The first-order chi connectivity index (χ1) is 13.2. The molecule has 0 aliphatic heterocycles. The fraction of sp³-hybridized carbons (Fsp3) is 0.0909. The van der Waals surface area contributed by atoms with Crippen molar-refractivity contribution in [2.24, 2.45) is 0 Å². The number of allylic oxidation sites excluding steroid dienone is 8. The second-order valence-electron chi connectivity index (χ2n) is 6.43. The monoisotopic (exact) mass is 474 g/mol. The van der Waals surface area contributed by atoms with Gasteiger partial charge in [0.05, 0.1) is 0 Å². The summed E-state index contributed by atoms with van der Waals surface area (Å²) in [6.07, 6.45) is 16.9. The molecule has 5 heteroatoms. The van der Waals surface area contributed by atoms with Crippen molar-refractivity contribution in [3.05, 3.63) is 107 Å². The standard InChI is InChI=1S/2C6H5ClO.2C5H5.Zr/c2*7-5-2-1-3-6(8)4-5;2*1-2-4-5-3-1;/h2*1-4,8H;2*1-5H;/q;;;;+2/p-2. The Hall–Kier alpha value is -1.54. The number of halogens is 2. The Labute approximate surface area is 175 Å². The van der Waals surface area contributed by atoms with E-state index in [0.717, 1.165) is 11.5 Å². The van der Waals surface area contributed by atoms with Crippen LogP contribution in [0.25, 0.3) is 0 Å². The van der Waals surface area contributed by atoms with Gasteiger partial charge in [-0.15, -0.1) is 0 Å². The Kier molecular flexibility index (Phi) is 5.73. The van der Waals surface area contributed by atoms with Crippen molar-refractivity contribution in [2.75, 3.05) is 0 Å². The van der Waals surface area contributed by atoms with Gasteiger partial charge in [0, 0.05) is 0 Å². The van der Waals surface area contributed by atoms with Crippen LogP contribution in [0.1, 0.15) is 0 Å². The van der Waals surface area contributed by atoms with Gasteiger partial charge in [0.1, 0.15) is 0 Å². The Morgan fingerprint density at radius 3 is 1.41 bits per heavy atom. The Bertz CT molecular complexity index is 847. The molecule has 0 saturated carbocycles. The first-order valence-electron chi connectivity index (χ1n) is 8.75. The van der Waals surface area contributed by atoms with E-state index < -0.39 is 21.1 Å². The van der Waals surface area contributed by atoms with E-state index >= 15 is 0 Å². The molecule has 0 aromatic heterocycles. The van der Waals surface area contributed by atoms with E-state index in [1.807, 2.05) is 48.5 Å². The van der Waals surface area contributed by atoms with E-state index in [2.05, 4.69) is 48.6 Å². The van der Waals surface area contributed by atoms with Gasteiger partial charge >= 0.3 is 176 Å². The quantitative estimate of drug-likeness (QED) is 0.437. The zero-order valence-electron chi connectivity index (χ0n) is 14.5. The van der Waals surface area contributed by atoms with E-state index in [1.165, 1.54) is 0 Å². The molecule has 0 bridgehead atoms. The van der Waals surface area contributed by atoms with Crippen LogP contribution in [0.5, 0.6) is 11.5 Å². The van der Waals surface area contributed by atoms with Gasteiger partial charge in [0.25, 0.3) is 0 Å². The molecule has 4 rings (SSSR count). The molecule has 0 N–H and O–H groups in total. The summed E-state index contributed by atoms with van der Waals surface area (Å²) < 4.78 is 13.7. The van der Waals surface area contributed by atoms with Crippen LogP contribution in [-0.2, 0) is 21.1 Å². The molecule has 136 valence electrons. The van der Waals surface area contributed by atoms with Gasteiger partial charge in [-0.25, -0.2) is 0 Å². The van der Waals surface area contributed by atoms with Gasteiger partial charge < -0.3 is 0 Å². The average Bonchev–Trinajstić information content (AvgIpc) is 3.36. The van der Waals surface area contributed by atoms with E-state index in [1.54, 1.807) is 0 Å². The summed E-state index contributed by atoms with van der Waals surface area (Å²) in [4.78, 5) is 0.